The van der Waals surface area contributed by atoms with Crippen LogP contribution in [0.25, 0.3) is 32.9 Å². The van der Waals surface area contributed by atoms with Crippen LogP contribution in [0.5, 0.6) is 5.75 Å². The lowest BCUT2D eigenvalue weighted by Gasteiger charge is -2.45. The number of methoxy groups -OCH3 is 1. The molecule has 0 spiro atoms. The number of imide groups is 2. The van der Waals surface area contributed by atoms with Crippen LogP contribution >= 0.6 is 23.5 Å². The summed E-state index contributed by atoms with van der Waals surface area (Å²) in [6, 6.07) is 37.0. The number of urea groups is 1. The van der Waals surface area contributed by atoms with Gasteiger partial charge in [-0.2, -0.15) is 0 Å². The molecule has 8 aromatic rings. The lowest BCUT2D eigenvalue weighted by atomic mass is 9.87. The number of aliphatic hydroxyl groups is 1. The summed E-state index contributed by atoms with van der Waals surface area (Å²) in [6.07, 6.45) is 6.30. The highest BCUT2D eigenvalue weighted by Crippen LogP contribution is 2.45. The first kappa shape index (κ1) is 82.7. The molecule has 5 aliphatic rings. The fourth-order valence-electron chi connectivity index (χ4n) is 14.7. The number of hydrogen-bond acceptors (Lipinski definition) is 22. The third-order valence-corrected chi connectivity index (χ3v) is 23.5. The quantitative estimate of drug-likeness (QED) is 0.0111. The van der Waals surface area contributed by atoms with Gasteiger partial charge in [0.05, 0.1) is 98.9 Å². The zero-order chi connectivity index (χ0) is 81.6. The Kier molecular flexibility index (Phi) is 26.8. The second-order valence-electron chi connectivity index (χ2n) is 29.2. The van der Waals surface area contributed by atoms with Crippen LogP contribution in [0.1, 0.15) is 88.0 Å². The molecule has 0 bridgehead atoms. The Bertz CT molecular complexity index is 5090. The summed E-state index contributed by atoms with van der Waals surface area (Å²) < 4.78 is 25.3. The number of piperidine rings is 2. The number of carboxylic acid groups (broad SMARTS) is 2. The monoisotopic (exact) mass is 1620 g/mol. The van der Waals surface area contributed by atoms with Crippen molar-refractivity contribution in [2.24, 2.45) is 7.05 Å². The summed E-state index contributed by atoms with van der Waals surface area (Å²) in [5.74, 6) is -0.546. The van der Waals surface area contributed by atoms with Crippen molar-refractivity contribution in [2.75, 3.05) is 102 Å². The highest BCUT2D eigenvalue weighted by molar-refractivity contribution is 8.08. The number of thioether (sulfide) groups is 2. The van der Waals surface area contributed by atoms with Crippen LogP contribution in [-0.2, 0) is 65.2 Å². The Labute approximate surface area is 677 Å². The number of aliphatic hydroxyl groups excluding tert-OH is 1. The number of benzene rings is 5. The Balaban J connectivity index is 0.565. The van der Waals surface area contributed by atoms with Crippen LogP contribution in [0.4, 0.5) is 16.4 Å². The van der Waals surface area contributed by atoms with Crippen molar-refractivity contribution in [1.82, 2.24) is 55.5 Å². The molecule has 1 aliphatic carbocycles. The molecule has 0 unspecified atom stereocenters. The van der Waals surface area contributed by atoms with E-state index in [0.29, 0.717) is 63.7 Å². The number of nitrogens with one attached hydrogen (secondary N) is 5. The number of carbonyl (C=O) groups excluding carboxylic acids is 7. The third kappa shape index (κ3) is 19.6. The molecule has 0 radical (unpaired) electrons. The summed E-state index contributed by atoms with van der Waals surface area (Å²) in [7, 11) is 3.16. The van der Waals surface area contributed by atoms with Crippen molar-refractivity contribution in [2.45, 2.75) is 116 Å². The molecule has 3 aromatic heterocycles. The van der Waals surface area contributed by atoms with Gasteiger partial charge in [-0.1, -0.05) is 108 Å². The van der Waals surface area contributed by atoms with Crippen molar-refractivity contribution < 1.29 is 77.4 Å². The maximum atomic E-state index is 14.2. The van der Waals surface area contributed by atoms with Gasteiger partial charge >= 0.3 is 18.0 Å². The van der Waals surface area contributed by atoms with Gasteiger partial charge in [-0.05, 0) is 117 Å². The van der Waals surface area contributed by atoms with E-state index < -0.39 is 90.6 Å². The average Bonchev–Trinajstić information content (AvgIpc) is 1.13. The highest BCUT2D eigenvalue weighted by Gasteiger charge is 2.45. The van der Waals surface area contributed by atoms with Gasteiger partial charge < -0.3 is 74.9 Å². The first-order chi connectivity index (χ1) is 56.1. The molecule has 5 aromatic carbocycles. The fourth-order valence-corrected chi connectivity index (χ4v) is 16.7. The number of carboxylic acids is 2. The van der Waals surface area contributed by atoms with E-state index in [9.17, 15) is 63.3 Å². The SMILES string of the molecule is COc1ccc(C#CCNC2(C)CCN(C3CCN(c4nc([C@@](CO)(OC5CC5)c5ccccc5)c5cc(-c6cn(C)c(=O)c7[nH]ccc67)ccc5n4)CC3)CC2)cc1N1CCC(=O)N(CNC(=O)[C@H](CC(=O)O)NC(=O)[C@@H](CC(=O)O)NC(=O)CCOCCOCCN2C(=O)C(Sc3ccccc3)=C(Sc3ccccc3)C2=O)C1=O. The van der Waals surface area contributed by atoms with Crippen LogP contribution in [0.3, 0.4) is 0 Å². The van der Waals surface area contributed by atoms with E-state index in [1.165, 1.54) is 35.5 Å². The maximum absolute atomic E-state index is 14.2. The minimum absolute atomic E-state index is 0.00512. The van der Waals surface area contributed by atoms with E-state index in [4.69, 9.17) is 28.9 Å². The van der Waals surface area contributed by atoms with Crippen molar-refractivity contribution in [3.8, 4) is 28.7 Å². The molecule has 7 heterocycles. The summed E-state index contributed by atoms with van der Waals surface area (Å²) >= 11 is 2.41. The van der Waals surface area contributed by atoms with E-state index in [2.05, 4.69) is 60.9 Å². The van der Waals surface area contributed by atoms with E-state index in [1.54, 1.807) is 36.0 Å². The van der Waals surface area contributed by atoms with Gasteiger partial charge in [0.1, 0.15) is 30.0 Å². The normalized spacial score (nSPS) is 17.1. The number of amides is 8. The minimum Gasteiger partial charge on any atom is -0.495 e. The number of hydrogen-bond donors (Lipinski definition) is 8. The Morgan fingerprint density at radius 3 is 2.00 bits per heavy atom. The van der Waals surface area contributed by atoms with E-state index in [0.717, 1.165) is 98.7 Å². The number of rotatable bonds is 35. The van der Waals surface area contributed by atoms with Crippen molar-refractivity contribution in [3.05, 3.63) is 183 Å². The molecule has 8 amide bonds. The number of nitrogens with zero attached hydrogens (tertiary/aromatic N) is 8. The van der Waals surface area contributed by atoms with Crippen LogP contribution in [0.15, 0.2) is 170 Å². The van der Waals surface area contributed by atoms with Crippen molar-refractivity contribution >= 4 is 110 Å². The van der Waals surface area contributed by atoms with Gasteiger partial charge in [-0.25, -0.2) is 19.7 Å². The fraction of sp³-hybridized carbons (Fsp3) is 0.381. The standard InChI is InChI=1S/C84H91N13O17S2/c1-83(32-39-93(40-33-83)56-28-36-94(37-29-56)81-90-63-25-22-54(62-50-92(2)78(107)72-60(62)27-35-85-72)47-61(63)75(91-81)84(51-98,114-57-23-24-57)55-15-7-4-8-16-55)87-34-13-14-53-21-26-67(111-3)66(46-53)95-38-30-69(100)97(82(95)110)52-86-76(105)64(48-70(101)102)89-77(106)65(49-71(103)104)88-68(99)31-42-112-44-45-113-43-41-96-79(108)73(115-58-17-9-5-10-18-58)74(80(96)109)116-59-19-11-6-12-20-59/h4-12,15-22,25-27,35,46-47,50,56-57,64-65,85,87,98H,23-24,28-34,36-45,48-49,51-52H2,1-3H3,(H,86,105)(H,88,99)(H,89,106)(H,101,102)(H,103,104)/t64-,65+,84-/m0/s1. The summed E-state index contributed by atoms with van der Waals surface area (Å²) in [5.41, 5.74) is 3.50. The van der Waals surface area contributed by atoms with Crippen LogP contribution in [0, 0.1) is 11.8 Å². The zero-order valence-electron chi connectivity index (χ0n) is 64.4. The number of pyridine rings is 1. The topological polar surface area (TPSA) is 379 Å². The van der Waals surface area contributed by atoms with Crippen molar-refractivity contribution in [3.63, 3.8) is 0 Å². The first-order valence-electron chi connectivity index (χ1n) is 38.5. The van der Waals surface area contributed by atoms with E-state index in [-0.39, 0.29) is 87.6 Å². The van der Waals surface area contributed by atoms with Crippen LogP contribution in [-0.4, -0.2) is 225 Å². The summed E-state index contributed by atoms with van der Waals surface area (Å²) in [4.78, 5) is 156. The first-order valence-corrected chi connectivity index (χ1v) is 40.1. The largest absolute Gasteiger partial charge is 0.495 e. The summed E-state index contributed by atoms with van der Waals surface area (Å²) in [5, 5.41) is 43.2. The molecule has 1 saturated carbocycles. The molecule has 8 N–H and O–H groups in total. The second-order valence-corrected chi connectivity index (χ2v) is 31.3. The molecule has 4 aliphatic heterocycles. The number of H-pyrrole nitrogens is 1. The number of fused-ring (bicyclic) bond motifs is 2. The molecule has 13 rings (SSSR count). The number of carbonyl (C=O) groups is 9. The molecule has 116 heavy (non-hydrogen) atoms. The Morgan fingerprint density at radius 2 is 1.36 bits per heavy atom. The zero-order valence-corrected chi connectivity index (χ0v) is 66.0. The van der Waals surface area contributed by atoms with Gasteiger partial charge in [-0.15, -0.1) is 0 Å². The van der Waals surface area contributed by atoms with Crippen LogP contribution < -0.4 is 41.4 Å². The van der Waals surface area contributed by atoms with Gasteiger partial charge in [0.25, 0.3) is 17.4 Å². The number of ether oxygens (including phenoxy) is 4. The number of anilines is 2. The van der Waals surface area contributed by atoms with Gasteiger partial charge in [0, 0.05) is 108 Å². The number of aliphatic carboxylic acids is 2. The Morgan fingerprint density at radius 1 is 0.716 bits per heavy atom. The number of aromatic amines is 1. The third-order valence-electron chi connectivity index (χ3n) is 21.2. The number of aryl methyl sites for hydroxylation is 1. The summed E-state index contributed by atoms with van der Waals surface area (Å²) in [6.45, 7) is 4.25. The lowest BCUT2D eigenvalue weighted by molar-refractivity contribution is -0.143. The molecule has 3 atom stereocenters. The van der Waals surface area contributed by atoms with Gasteiger partial charge in [-0.3, -0.25) is 53.0 Å². The van der Waals surface area contributed by atoms with Gasteiger partial charge in [0.2, 0.25) is 29.6 Å². The minimum atomic E-state index is -1.87. The molecule has 3 saturated heterocycles. The van der Waals surface area contributed by atoms with E-state index in [1.807, 2.05) is 115 Å². The second kappa shape index (κ2) is 37.5. The highest BCUT2D eigenvalue weighted by atomic mass is 32.2. The number of likely N-dealkylation sites (tertiary alicyclic amines) is 1. The molecule has 4 fully saturated rings. The van der Waals surface area contributed by atoms with Gasteiger partial charge in [0.15, 0.2) is 5.60 Å². The Hall–Kier alpha value is -11.3. The van der Waals surface area contributed by atoms with Crippen LogP contribution in [0.2, 0.25) is 0 Å². The average molecular weight is 1620 g/mol. The van der Waals surface area contributed by atoms with E-state index >= 15 is 0 Å². The lowest BCUT2D eigenvalue weighted by Crippen LogP contribution is -2.58. The number of aromatic nitrogens is 4. The molecular formula is C84H91N13O17S2. The molecule has 32 heteroatoms. The molecular weight excluding hydrogens is 1530 g/mol. The smallest absolute Gasteiger partial charge is 0.332 e. The molecule has 606 valence electrons. The predicted molar refractivity (Wildman–Crippen MR) is 433 cm³/mol. The molecule has 30 nitrogen and oxygen atoms in total. The van der Waals surface area contributed by atoms with Crippen molar-refractivity contribution in [1.29, 1.82) is 0 Å². The maximum Gasteiger partial charge on any atom is 0.332 e. The predicted octanol–water partition coefficient (Wildman–Crippen LogP) is 7.10.